The zero-order valence-electron chi connectivity index (χ0n) is 19.3. The molecule has 0 atom stereocenters. The maximum absolute atomic E-state index is 12.8. The Morgan fingerprint density at radius 2 is 1.71 bits per heavy atom. The van der Waals surface area contributed by atoms with E-state index in [1.54, 1.807) is 28.6 Å². The lowest BCUT2D eigenvalue weighted by Crippen LogP contribution is -2.50. The van der Waals surface area contributed by atoms with E-state index in [4.69, 9.17) is 4.99 Å². The third-order valence-corrected chi connectivity index (χ3v) is 8.32. The Kier molecular flexibility index (Phi) is 8.75. The van der Waals surface area contributed by atoms with Crippen molar-refractivity contribution in [3.8, 4) is 0 Å². The van der Waals surface area contributed by atoms with Crippen molar-refractivity contribution in [1.82, 2.24) is 19.8 Å². The van der Waals surface area contributed by atoms with E-state index in [1.165, 1.54) is 0 Å². The molecular formula is C23H39N5O2S. The Hall–Kier alpha value is -1.64. The predicted molar refractivity (Wildman–Crippen MR) is 127 cm³/mol. The van der Waals surface area contributed by atoms with Gasteiger partial charge in [-0.3, -0.25) is 4.99 Å². The molecule has 0 aromatic heterocycles. The first kappa shape index (κ1) is 24.0. The molecule has 1 aromatic carbocycles. The van der Waals surface area contributed by atoms with Crippen LogP contribution in [0.1, 0.15) is 46.5 Å². The summed E-state index contributed by atoms with van der Waals surface area (Å²) in [7, 11) is -3.39. The lowest BCUT2D eigenvalue weighted by atomic mass is 9.98. The number of sulfonamides is 1. The van der Waals surface area contributed by atoms with Gasteiger partial charge in [-0.15, -0.1) is 0 Å². The fraction of sp³-hybridized carbons (Fsp3) is 0.696. The molecule has 2 fully saturated rings. The molecule has 0 aliphatic carbocycles. The summed E-state index contributed by atoms with van der Waals surface area (Å²) >= 11 is 0. The summed E-state index contributed by atoms with van der Waals surface area (Å²) in [5.41, 5.74) is 0. The van der Waals surface area contributed by atoms with Crippen LogP contribution in [0.5, 0.6) is 0 Å². The van der Waals surface area contributed by atoms with Crippen molar-refractivity contribution >= 4 is 16.0 Å². The molecule has 3 rings (SSSR count). The molecule has 0 amide bonds. The molecule has 0 radical (unpaired) electrons. The van der Waals surface area contributed by atoms with Gasteiger partial charge in [0.1, 0.15) is 0 Å². The normalized spacial score (nSPS) is 20.8. The van der Waals surface area contributed by atoms with Crippen molar-refractivity contribution in [2.24, 2.45) is 10.9 Å². The van der Waals surface area contributed by atoms with Crippen LogP contribution in [0.3, 0.4) is 0 Å². The van der Waals surface area contributed by atoms with Gasteiger partial charge >= 0.3 is 0 Å². The Morgan fingerprint density at radius 1 is 1.06 bits per heavy atom. The molecule has 8 heteroatoms. The number of benzene rings is 1. The number of nitrogens with one attached hydrogen (secondary N) is 2. The quantitative estimate of drug-likeness (QED) is 0.494. The molecule has 0 saturated carbocycles. The van der Waals surface area contributed by atoms with Crippen LogP contribution >= 0.6 is 0 Å². The summed E-state index contributed by atoms with van der Waals surface area (Å²) in [5.74, 6) is 1.31. The van der Waals surface area contributed by atoms with Crippen molar-refractivity contribution in [3.63, 3.8) is 0 Å². The number of hydrogen-bond acceptors (Lipinski definition) is 4. The SMILES string of the molecule is CCNC(=NCC1CCN(S(=O)(=O)c2ccccc2)CC1)NC1CCN(C(C)C)CC1. The highest BCUT2D eigenvalue weighted by Crippen LogP contribution is 2.24. The third-order valence-electron chi connectivity index (χ3n) is 6.41. The largest absolute Gasteiger partial charge is 0.357 e. The highest BCUT2D eigenvalue weighted by Gasteiger charge is 2.29. The van der Waals surface area contributed by atoms with Crippen LogP contribution in [0.25, 0.3) is 0 Å². The van der Waals surface area contributed by atoms with Crippen LogP contribution in [0, 0.1) is 5.92 Å². The van der Waals surface area contributed by atoms with E-state index >= 15 is 0 Å². The Balaban J connectivity index is 1.49. The fourth-order valence-corrected chi connectivity index (χ4v) is 5.86. The zero-order chi connectivity index (χ0) is 22.3. The van der Waals surface area contributed by atoms with Gasteiger partial charge in [-0.05, 0) is 64.5 Å². The Labute approximate surface area is 188 Å². The maximum Gasteiger partial charge on any atom is 0.243 e. The highest BCUT2D eigenvalue weighted by molar-refractivity contribution is 7.89. The number of piperidine rings is 2. The van der Waals surface area contributed by atoms with E-state index in [-0.39, 0.29) is 0 Å². The minimum absolute atomic E-state index is 0.383. The van der Waals surface area contributed by atoms with Crippen LogP contribution in [0.15, 0.2) is 40.2 Å². The molecule has 7 nitrogen and oxygen atoms in total. The van der Waals surface area contributed by atoms with E-state index in [2.05, 4.69) is 36.3 Å². The highest BCUT2D eigenvalue weighted by atomic mass is 32.2. The first-order valence-corrected chi connectivity index (χ1v) is 13.2. The summed E-state index contributed by atoms with van der Waals surface area (Å²) in [6.07, 6.45) is 3.97. The lowest BCUT2D eigenvalue weighted by molar-refractivity contribution is 0.167. The summed E-state index contributed by atoms with van der Waals surface area (Å²) in [6, 6.07) is 9.81. The van der Waals surface area contributed by atoms with Crippen LogP contribution in [0.2, 0.25) is 0 Å². The van der Waals surface area contributed by atoms with E-state index in [1.807, 2.05) is 6.07 Å². The maximum atomic E-state index is 12.8. The molecule has 2 heterocycles. The van der Waals surface area contributed by atoms with Crippen LogP contribution in [0.4, 0.5) is 0 Å². The van der Waals surface area contributed by atoms with Gasteiger partial charge in [-0.25, -0.2) is 8.42 Å². The van der Waals surface area contributed by atoms with Gasteiger partial charge in [-0.1, -0.05) is 18.2 Å². The van der Waals surface area contributed by atoms with Crippen molar-refractivity contribution in [1.29, 1.82) is 0 Å². The van der Waals surface area contributed by atoms with Crippen molar-refractivity contribution in [2.45, 2.75) is 63.4 Å². The zero-order valence-corrected chi connectivity index (χ0v) is 20.1. The summed E-state index contributed by atoms with van der Waals surface area (Å²) < 4.78 is 27.2. The second kappa shape index (κ2) is 11.3. The standard InChI is InChI=1S/C23H39N5O2S/c1-4-24-23(26-21-12-14-27(15-13-21)19(2)3)25-18-20-10-16-28(17-11-20)31(29,30)22-8-6-5-7-9-22/h5-9,19-21H,4,10-18H2,1-3H3,(H2,24,25,26). The molecular weight excluding hydrogens is 410 g/mol. The molecule has 174 valence electrons. The lowest BCUT2D eigenvalue weighted by Gasteiger charge is -2.35. The first-order valence-electron chi connectivity index (χ1n) is 11.7. The van der Waals surface area contributed by atoms with E-state index in [0.29, 0.717) is 36.0 Å². The average molecular weight is 450 g/mol. The molecule has 0 bridgehead atoms. The third kappa shape index (κ3) is 6.67. The second-order valence-corrected chi connectivity index (χ2v) is 10.9. The van der Waals surface area contributed by atoms with Gasteiger partial charge in [0.25, 0.3) is 0 Å². The number of rotatable bonds is 7. The summed E-state index contributed by atoms with van der Waals surface area (Å²) in [6.45, 7) is 11.6. The van der Waals surface area contributed by atoms with Crippen LogP contribution < -0.4 is 10.6 Å². The van der Waals surface area contributed by atoms with Crippen LogP contribution in [-0.2, 0) is 10.0 Å². The first-order chi connectivity index (χ1) is 14.9. The molecule has 2 aliphatic rings. The number of nitrogens with zero attached hydrogens (tertiary/aromatic N) is 3. The second-order valence-electron chi connectivity index (χ2n) is 8.93. The minimum atomic E-state index is -3.39. The molecule has 0 unspecified atom stereocenters. The van der Waals surface area contributed by atoms with E-state index in [0.717, 1.165) is 57.8 Å². The smallest absolute Gasteiger partial charge is 0.243 e. The number of guanidine groups is 1. The molecule has 0 spiro atoms. The van der Waals surface area contributed by atoms with Gasteiger partial charge in [0.2, 0.25) is 10.0 Å². The van der Waals surface area contributed by atoms with Gasteiger partial charge in [0.05, 0.1) is 4.90 Å². The number of likely N-dealkylation sites (tertiary alicyclic amines) is 1. The molecule has 2 aliphatic heterocycles. The molecule has 31 heavy (non-hydrogen) atoms. The van der Waals surface area contributed by atoms with Gasteiger partial charge in [0.15, 0.2) is 5.96 Å². The fourth-order valence-electron chi connectivity index (χ4n) is 4.37. The van der Waals surface area contributed by atoms with E-state index < -0.39 is 10.0 Å². The van der Waals surface area contributed by atoms with Gasteiger partial charge in [-0.2, -0.15) is 4.31 Å². The Bertz CT molecular complexity index is 797. The molecule has 2 N–H and O–H groups in total. The topological polar surface area (TPSA) is 77.0 Å². The number of aliphatic imine (C=N–C) groups is 1. The predicted octanol–water partition coefficient (Wildman–Crippen LogP) is 2.52. The van der Waals surface area contributed by atoms with Crippen molar-refractivity contribution < 1.29 is 8.42 Å². The van der Waals surface area contributed by atoms with Gasteiger partial charge in [0, 0.05) is 51.4 Å². The van der Waals surface area contributed by atoms with Crippen molar-refractivity contribution in [2.75, 3.05) is 39.3 Å². The molecule has 2 saturated heterocycles. The molecule has 1 aromatic rings. The van der Waals surface area contributed by atoms with Crippen LogP contribution in [-0.4, -0.2) is 74.9 Å². The number of hydrogen-bond donors (Lipinski definition) is 2. The monoisotopic (exact) mass is 449 g/mol. The summed E-state index contributed by atoms with van der Waals surface area (Å²) in [4.78, 5) is 7.75. The Morgan fingerprint density at radius 3 is 2.29 bits per heavy atom. The van der Waals surface area contributed by atoms with Gasteiger partial charge < -0.3 is 15.5 Å². The minimum Gasteiger partial charge on any atom is -0.357 e. The average Bonchev–Trinajstić information content (AvgIpc) is 2.79. The summed E-state index contributed by atoms with van der Waals surface area (Å²) in [5, 5.41) is 6.99. The van der Waals surface area contributed by atoms with Crippen molar-refractivity contribution in [3.05, 3.63) is 30.3 Å². The van der Waals surface area contributed by atoms with E-state index in [9.17, 15) is 8.42 Å².